The third kappa shape index (κ3) is 15.9. The zero-order valence-corrected chi connectivity index (χ0v) is 49.3. The number of halogens is 1. The molecule has 12 atom stereocenters. The molecule has 0 spiro atoms. The summed E-state index contributed by atoms with van der Waals surface area (Å²) in [5.41, 5.74) is 4.56. The summed E-state index contributed by atoms with van der Waals surface area (Å²) in [7, 11) is 5.94. The molecule has 1 aromatic rings. The van der Waals surface area contributed by atoms with Crippen LogP contribution in [0.1, 0.15) is 124 Å². The standard InChI is InChI=1S/C59H86ClN5O13S/c1-11-35(3)53(69)42(16-12-13-24-61)62-25-22-38-18-20-39(21-19-38)28-41-44(66)31-47(54(41)70)79-26-23-50(67)64(7)37(5)56(71)77-49-32-51(68)65(8)43-29-40(30-45(74-9)52(43)60)27-34(2)15-14-17-48(75-10)59(73)33-46(76-57(72)63-59)36(4)55-58(49,6)78-55/h11,14-15,17,29-30,35-39,41-42,46-49,55,62,73H,1,12-13,16,18-28,31-33,61H2,2-10H3,(H,63,72)/b17-14+,34-15+/t35?,36-,37+,38?,39?,41?,42+,46+,47?,48-,49+,55+,58+,59+/m1/s1. The Kier molecular flexibility index (Phi) is 22.8. The molecule has 18 nitrogen and oxygen atoms in total. The van der Waals surface area contributed by atoms with E-state index in [0.29, 0.717) is 36.7 Å². The van der Waals surface area contributed by atoms with Crippen LogP contribution in [0, 0.1) is 29.6 Å². The first kappa shape index (κ1) is 63.6. The predicted octanol–water partition coefficient (Wildman–Crippen LogP) is 7.23. The average Bonchev–Trinajstić information content (AvgIpc) is 4.27. The Bertz CT molecular complexity index is 2450. The zero-order chi connectivity index (χ0) is 57.9. The van der Waals surface area contributed by atoms with Crippen molar-refractivity contribution in [2.45, 2.75) is 178 Å². The highest BCUT2D eigenvalue weighted by atomic mass is 35.5. The summed E-state index contributed by atoms with van der Waals surface area (Å²) in [6, 6.07) is 2.23. The molecule has 438 valence electrons. The van der Waals surface area contributed by atoms with Crippen LogP contribution < -0.4 is 26.0 Å². The highest BCUT2D eigenvalue weighted by molar-refractivity contribution is 8.00. The van der Waals surface area contributed by atoms with Gasteiger partial charge in [0.2, 0.25) is 11.8 Å². The van der Waals surface area contributed by atoms with Gasteiger partial charge < -0.3 is 49.6 Å². The summed E-state index contributed by atoms with van der Waals surface area (Å²) in [4.78, 5) is 98.0. The Labute approximate surface area is 476 Å². The summed E-state index contributed by atoms with van der Waals surface area (Å²) in [6.07, 6.45) is 10.2. The topological polar surface area (TPSA) is 246 Å². The maximum Gasteiger partial charge on any atom is 0.409 e. The molecular weight excluding hydrogens is 1050 g/mol. The van der Waals surface area contributed by atoms with E-state index in [0.717, 1.165) is 69.0 Å². The van der Waals surface area contributed by atoms with Gasteiger partial charge in [-0.05, 0) is 95.5 Å². The Balaban J connectivity index is 1.05. The number of amides is 3. The number of rotatable bonds is 22. The molecule has 5 N–H and O–H groups in total. The van der Waals surface area contributed by atoms with Gasteiger partial charge in [-0.1, -0.05) is 87.4 Å². The van der Waals surface area contributed by atoms with Crippen LogP contribution in [0.15, 0.2) is 48.6 Å². The summed E-state index contributed by atoms with van der Waals surface area (Å²) >= 11 is 8.13. The number of ketones is 3. The first-order chi connectivity index (χ1) is 37.5. The number of hydrogen-bond donors (Lipinski definition) is 4. The van der Waals surface area contributed by atoms with Gasteiger partial charge in [0.15, 0.2) is 17.3 Å². The van der Waals surface area contributed by atoms with E-state index in [1.54, 1.807) is 51.3 Å². The number of carbonyl (C=O) groups excluding carboxylic acids is 7. The van der Waals surface area contributed by atoms with Crippen LogP contribution in [0.5, 0.6) is 5.75 Å². The average molecular weight is 1140 g/mol. The number of benzene rings is 1. The van der Waals surface area contributed by atoms with E-state index in [4.69, 9.17) is 41.0 Å². The number of fused-ring (bicyclic) bond motifs is 5. The summed E-state index contributed by atoms with van der Waals surface area (Å²) in [6.45, 7) is 13.9. The molecule has 4 fully saturated rings. The molecule has 3 amide bonds. The second-order valence-corrected chi connectivity index (χ2v) is 24.5. The number of nitrogens with two attached hydrogens (primary N) is 1. The molecule has 6 rings (SSSR count). The van der Waals surface area contributed by atoms with E-state index in [1.807, 2.05) is 19.9 Å². The molecule has 2 aliphatic carbocycles. The Hall–Kier alpha value is -4.63. The molecule has 2 saturated heterocycles. The zero-order valence-electron chi connectivity index (χ0n) is 47.7. The lowest BCUT2D eigenvalue weighted by atomic mass is 9.76. The van der Waals surface area contributed by atoms with E-state index in [-0.39, 0.29) is 77.6 Å². The summed E-state index contributed by atoms with van der Waals surface area (Å²) < 4.78 is 29.6. The second-order valence-electron chi connectivity index (χ2n) is 22.8. The number of alkyl carbamates (subject to hydrolysis) is 1. The molecule has 2 saturated carbocycles. The van der Waals surface area contributed by atoms with Gasteiger partial charge in [0, 0.05) is 58.1 Å². The molecule has 3 aliphatic heterocycles. The van der Waals surface area contributed by atoms with Crippen LogP contribution >= 0.6 is 23.4 Å². The largest absolute Gasteiger partial charge is 0.495 e. The van der Waals surface area contributed by atoms with Crippen LogP contribution in [0.2, 0.25) is 5.02 Å². The molecule has 3 heterocycles. The Morgan fingerprint density at radius 3 is 2.48 bits per heavy atom. The first-order valence-electron chi connectivity index (χ1n) is 28.1. The number of anilines is 1. The number of carbonyl (C=O) groups is 7. The van der Waals surface area contributed by atoms with Gasteiger partial charge in [-0.3, -0.25) is 29.3 Å². The number of likely N-dealkylation sites (N-methyl/N-ethyl adjacent to an activating group) is 1. The highest BCUT2D eigenvalue weighted by Gasteiger charge is 2.64. The van der Waals surface area contributed by atoms with Gasteiger partial charge in [-0.25, -0.2) is 9.59 Å². The molecule has 79 heavy (non-hydrogen) atoms. The summed E-state index contributed by atoms with van der Waals surface area (Å²) in [5, 5.41) is 17.6. The molecule has 4 bridgehead atoms. The van der Waals surface area contributed by atoms with Gasteiger partial charge in [-0.2, -0.15) is 0 Å². The number of methoxy groups -OCH3 is 2. The minimum atomic E-state index is -1.87. The molecule has 0 radical (unpaired) electrons. The molecule has 1 aromatic carbocycles. The Morgan fingerprint density at radius 2 is 1.81 bits per heavy atom. The monoisotopic (exact) mass is 1140 g/mol. The number of aliphatic hydroxyl groups is 1. The van der Waals surface area contributed by atoms with E-state index < -0.39 is 76.8 Å². The van der Waals surface area contributed by atoms with Crippen LogP contribution in [0.25, 0.3) is 0 Å². The lowest BCUT2D eigenvalue weighted by molar-refractivity contribution is -0.162. The Morgan fingerprint density at radius 1 is 1.10 bits per heavy atom. The van der Waals surface area contributed by atoms with E-state index in [9.17, 15) is 38.7 Å². The van der Waals surface area contributed by atoms with Crippen LogP contribution in [-0.2, 0) is 54.1 Å². The van der Waals surface area contributed by atoms with E-state index >= 15 is 0 Å². The normalized spacial score (nSPS) is 31.6. The van der Waals surface area contributed by atoms with Crippen molar-refractivity contribution in [3.05, 3.63) is 59.2 Å². The highest BCUT2D eigenvalue weighted by Crippen LogP contribution is 2.49. The first-order valence-corrected chi connectivity index (χ1v) is 29.5. The fourth-order valence-corrected chi connectivity index (χ4v) is 13.2. The summed E-state index contributed by atoms with van der Waals surface area (Å²) in [5.74, 6) is -1.69. The number of nitrogens with one attached hydrogen (secondary N) is 2. The van der Waals surface area contributed by atoms with Crippen molar-refractivity contribution in [2.75, 3.05) is 52.1 Å². The quantitative estimate of drug-likeness (QED) is 0.0294. The number of Topliss-reactive ketones (excluding diaryl/α,β-unsaturated/α-hetero) is 3. The van der Waals surface area contributed by atoms with Gasteiger partial charge in [-0.15, -0.1) is 18.3 Å². The lowest BCUT2D eigenvalue weighted by Gasteiger charge is -2.42. The van der Waals surface area contributed by atoms with Crippen molar-refractivity contribution in [3.63, 3.8) is 0 Å². The van der Waals surface area contributed by atoms with Crippen LogP contribution in [0.3, 0.4) is 0 Å². The molecular formula is C59H86ClN5O13S. The predicted molar refractivity (Wildman–Crippen MR) is 304 cm³/mol. The number of hydrogen-bond acceptors (Lipinski definition) is 16. The maximum atomic E-state index is 14.4. The number of allylic oxidation sites excluding steroid dienone is 4. The van der Waals surface area contributed by atoms with E-state index in [2.05, 4.69) is 17.2 Å². The minimum absolute atomic E-state index is 0.0110. The second kappa shape index (κ2) is 28.4. The van der Waals surface area contributed by atoms with Crippen LogP contribution in [0.4, 0.5) is 10.5 Å². The number of thioether (sulfide) groups is 1. The van der Waals surface area contributed by atoms with Gasteiger partial charge in [0.1, 0.15) is 46.5 Å². The molecule has 0 aromatic heterocycles. The van der Waals surface area contributed by atoms with Gasteiger partial charge >= 0.3 is 12.1 Å². The lowest BCUT2D eigenvalue weighted by Crippen LogP contribution is -2.63. The third-order valence-corrected chi connectivity index (χ3v) is 18.8. The molecule has 3 unspecified atom stereocenters. The minimum Gasteiger partial charge on any atom is -0.495 e. The SMILES string of the molecule is C=CC(C)C(=O)[C@H](CCCCN)NCCC1CCC(CC2C(=O)CC(SCCC(=O)N(C)[C@@H](C)C(=O)O[C@H]3CC(=O)N(C)c4cc(cc(OC)c4Cl)C/C(C)=C/C=C/[C@@H](OC)[C@@]4(O)C[C@H](OC(=O)N4)[C@@H](C)[C@@H]4O[C@@]34C)C2=O)CC1. The number of esters is 1. The number of unbranched alkanes of at least 4 members (excludes halogenated alkanes) is 1. The van der Waals surface area contributed by atoms with Gasteiger partial charge in [0.05, 0.1) is 42.5 Å². The van der Waals surface area contributed by atoms with Crippen molar-refractivity contribution in [1.82, 2.24) is 15.5 Å². The maximum absolute atomic E-state index is 14.4. The van der Waals surface area contributed by atoms with Crippen molar-refractivity contribution in [2.24, 2.45) is 35.3 Å². The fraction of sp³-hybridized carbons (Fsp3) is 0.678. The van der Waals surface area contributed by atoms with Crippen molar-refractivity contribution >= 4 is 70.3 Å². The smallest absolute Gasteiger partial charge is 0.409 e. The van der Waals surface area contributed by atoms with Crippen molar-refractivity contribution in [3.8, 4) is 5.75 Å². The van der Waals surface area contributed by atoms with Crippen molar-refractivity contribution < 1.29 is 62.4 Å². The molecule has 20 heteroatoms. The number of nitrogens with zero attached hydrogens (tertiary/aromatic N) is 2. The number of epoxide rings is 1. The van der Waals surface area contributed by atoms with Crippen molar-refractivity contribution in [1.29, 1.82) is 0 Å². The fourth-order valence-electron chi connectivity index (χ4n) is 11.7. The third-order valence-electron chi connectivity index (χ3n) is 17.2. The van der Waals surface area contributed by atoms with Gasteiger partial charge in [0.25, 0.3) is 0 Å². The molecule has 5 aliphatic rings. The number of ether oxygens (including phenoxy) is 5. The van der Waals surface area contributed by atoms with E-state index in [1.165, 1.54) is 49.8 Å². The van der Waals surface area contributed by atoms with Crippen LogP contribution in [-0.4, -0.2) is 151 Å².